The van der Waals surface area contributed by atoms with Gasteiger partial charge in [0.05, 0.1) is 27.8 Å². The smallest absolute Gasteiger partial charge is 0.263 e. The summed E-state index contributed by atoms with van der Waals surface area (Å²) in [5.74, 6) is -0.0615. The number of carbonyl (C=O) groups excluding carboxylic acids is 1. The fourth-order valence-corrected chi connectivity index (χ4v) is 4.72. The van der Waals surface area contributed by atoms with E-state index in [2.05, 4.69) is 21.4 Å². The lowest BCUT2D eigenvalue weighted by Crippen LogP contribution is -2.22. The molecule has 0 aromatic carbocycles. The van der Waals surface area contributed by atoms with Gasteiger partial charge in [-0.15, -0.1) is 34.0 Å². The summed E-state index contributed by atoms with van der Waals surface area (Å²) in [6.07, 6.45) is 0. The van der Waals surface area contributed by atoms with Crippen LogP contribution in [0.15, 0.2) is 17.5 Å². The highest BCUT2D eigenvalue weighted by atomic mass is 32.1. The van der Waals surface area contributed by atoms with E-state index in [1.807, 2.05) is 32.2 Å². The van der Waals surface area contributed by atoms with Crippen LogP contribution in [0.25, 0.3) is 9.88 Å². The molecule has 7 heteroatoms. The summed E-state index contributed by atoms with van der Waals surface area (Å²) < 4.78 is 0. The van der Waals surface area contributed by atoms with Crippen molar-refractivity contribution in [2.45, 2.75) is 27.3 Å². The molecule has 0 spiro atoms. The molecule has 3 heterocycles. The maximum Gasteiger partial charge on any atom is 0.263 e. The molecule has 0 fully saturated rings. The van der Waals surface area contributed by atoms with Gasteiger partial charge in [0.15, 0.2) is 0 Å². The summed E-state index contributed by atoms with van der Waals surface area (Å²) in [4.78, 5) is 24.1. The standard InChI is InChI=1S/C15H15N3OS3/c1-8-12(22-15(18-8)11-5-4-6-20-11)7-16-14(19)13-9(2)17-10(3)21-13/h4-6H,7H2,1-3H3,(H,16,19). The van der Waals surface area contributed by atoms with E-state index >= 15 is 0 Å². The second-order valence-electron chi connectivity index (χ2n) is 4.84. The number of aromatic nitrogens is 2. The SMILES string of the molecule is Cc1nc(C)c(C(=O)NCc2sc(-c3cccs3)nc2C)s1. The number of nitrogens with one attached hydrogen (secondary N) is 1. The quantitative estimate of drug-likeness (QED) is 0.768. The van der Waals surface area contributed by atoms with E-state index in [9.17, 15) is 4.79 Å². The van der Waals surface area contributed by atoms with Crippen LogP contribution in [0.1, 0.15) is 30.9 Å². The zero-order valence-electron chi connectivity index (χ0n) is 12.5. The summed E-state index contributed by atoms with van der Waals surface area (Å²) in [7, 11) is 0. The van der Waals surface area contributed by atoms with E-state index in [4.69, 9.17) is 0 Å². The van der Waals surface area contributed by atoms with Gasteiger partial charge in [0.1, 0.15) is 9.88 Å². The van der Waals surface area contributed by atoms with Gasteiger partial charge in [-0.05, 0) is 32.2 Å². The molecule has 0 saturated carbocycles. The minimum atomic E-state index is -0.0615. The molecule has 22 heavy (non-hydrogen) atoms. The van der Waals surface area contributed by atoms with Gasteiger partial charge in [0.2, 0.25) is 0 Å². The lowest BCUT2D eigenvalue weighted by atomic mass is 10.3. The van der Waals surface area contributed by atoms with Crippen LogP contribution in [0.2, 0.25) is 0 Å². The number of nitrogens with zero attached hydrogens (tertiary/aromatic N) is 2. The van der Waals surface area contributed by atoms with E-state index in [1.165, 1.54) is 16.2 Å². The lowest BCUT2D eigenvalue weighted by Gasteiger charge is -2.02. The van der Waals surface area contributed by atoms with Gasteiger partial charge in [0.25, 0.3) is 5.91 Å². The summed E-state index contributed by atoms with van der Waals surface area (Å²) in [6, 6.07) is 4.09. The summed E-state index contributed by atoms with van der Waals surface area (Å²) in [5.41, 5.74) is 1.77. The first-order valence-corrected chi connectivity index (χ1v) is 9.28. The van der Waals surface area contributed by atoms with Crippen molar-refractivity contribution in [2.24, 2.45) is 0 Å². The van der Waals surface area contributed by atoms with Crippen LogP contribution in [-0.2, 0) is 6.54 Å². The molecule has 4 nitrogen and oxygen atoms in total. The minimum absolute atomic E-state index is 0.0615. The number of thiophene rings is 1. The molecule has 3 aromatic rings. The highest BCUT2D eigenvalue weighted by Gasteiger charge is 2.15. The van der Waals surface area contributed by atoms with Crippen LogP contribution in [0.5, 0.6) is 0 Å². The number of carbonyl (C=O) groups is 1. The highest BCUT2D eigenvalue weighted by molar-refractivity contribution is 7.21. The van der Waals surface area contributed by atoms with Crippen molar-refractivity contribution in [1.29, 1.82) is 0 Å². The minimum Gasteiger partial charge on any atom is -0.346 e. The molecule has 0 saturated heterocycles. The molecule has 1 amide bonds. The van der Waals surface area contributed by atoms with Gasteiger partial charge >= 0.3 is 0 Å². The van der Waals surface area contributed by atoms with Crippen LogP contribution in [0.4, 0.5) is 0 Å². The molecule has 0 aliphatic heterocycles. The summed E-state index contributed by atoms with van der Waals surface area (Å²) >= 11 is 4.75. The number of amides is 1. The van der Waals surface area contributed by atoms with E-state index in [0.29, 0.717) is 11.4 Å². The molecule has 0 radical (unpaired) electrons. The molecular weight excluding hydrogens is 334 g/mol. The first-order chi connectivity index (χ1) is 10.5. The molecule has 0 unspecified atom stereocenters. The maximum atomic E-state index is 12.2. The Balaban J connectivity index is 1.72. The normalized spacial score (nSPS) is 10.9. The molecule has 114 valence electrons. The Bertz CT molecular complexity index is 802. The van der Waals surface area contributed by atoms with Crippen LogP contribution in [-0.4, -0.2) is 15.9 Å². The number of thiazole rings is 2. The van der Waals surface area contributed by atoms with Crippen molar-refractivity contribution in [2.75, 3.05) is 0 Å². The Morgan fingerprint density at radius 2 is 2.00 bits per heavy atom. The van der Waals surface area contributed by atoms with E-state index in [0.717, 1.165) is 26.3 Å². The second kappa shape index (κ2) is 6.28. The van der Waals surface area contributed by atoms with Gasteiger partial charge in [-0.25, -0.2) is 9.97 Å². The maximum absolute atomic E-state index is 12.2. The van der Waals surface area contributed by atoms with Crippen LogP contribution in [0.3, 0.4) is 0 Å². The summed E-state index contributed by atoms with van der Waals surface area (Å²) in [6.45, 7) is 6.27. The van der Waals surface area contributed by atoms with E-state index in [1.54, 1.807) is 22.7 Å². The van der Waals surface area contributed by atoms with Crippen LogP contribution >= 0.6 is 34.0 Å². The average Bonchev–Trinajstić information content (AvgIpc) is 3.17. The third-order valence-electron chi connectivity index (χ3n) is 3.14. The first-order valence-electron chi connectivity index (χ1n) is 6.77. The Morgan fingerprint density at radius 3 is 2.64 bits per heavy atom. The van der Waals surface area contributed by atoms with Crippen LogP contribution in [0, 0.1) is 20.8 Å². The van der Waals surface area contributed by atoms with E-state index < -0.39 is 0 Å². The first kappa shape index (κ1) is 15.3. The Labute approximate surface area is 140 Å². The average molecular weight is 350 g/mol. The third-order valence-corrected chi connectivity index (χ3v) is 6.41. The number of aryl methyl sites for hydroxylation is 3. The fraction of sp³-hybridized carbons (Fsp3) is 0.267. The number of rotatable bonds is 4. The third kappa shape index (κ3) is 3.11. The van der Waals surface area contributed by atoms with Crippen LogP contribution < -0.4 is 5.32 Å². The Hall–Kier alpha value is -1.57. The predicted octanol–water partition coefficient (Wildman–Crippen LogP) is 4.18. The largest absolute Gasteiger partial charge is 0.346 e. The monoisotopic (exact) mass is 349 g/mol. The van der Waals surface area contributed by atoms with Gasteiger partial charge in [-0.1, -0.05) is 6.07 Å². The number of hydrogen-bond acceptors (Lipinski definition) is 6. The molecule has 3 rings (SSSR count). The van der Waals surface area contributed by atoms with Crippen molar-refractivity contribution in [3.05, 3.63) is 43.7 Å². The Kier molecular flexibility index (Phi) is 4.37. The van der Waals surface area contributed by atoms with Gasteiger partial charge in [-0.2, -0.15) is 0 Å². The Morgan fingerprint density at radius 1 is 1.18 bits per heavy atom. The van der Waals surface area contributed by atoms with Gasteiger partial charge in [-0.3, -0.25) is 4.79 Å². The highest BCUT2D eigenvalue weighted by Crippen LogP contribution is 2.31. The molecule has 1 N–H and O–H groups in total. The molecule has 0 atom stereocenters. The zero-order chi connectivity index (χ0) is 15.7. The molecule has 3 aromatic heterocycles. The number of hydrogen-bond donors (Lipinski definition) is 1. The molecular formula is C15H15N3OS3. The van der Waals surface area contributed by atoms with Crippen molar-refractivity contribution in [3.8, 4) is 9.88 Å². The lowest BCUT2D eigenvalue weighted by molar-refractivity contribution is 0.0954. The predicted molar refractivity (Wildman–Crippen MR) is 92.9 cm³/mol. The van der Waals surface area contributed by atoms with Gasteiger partial charge < -0.3 is 5.32 Å². The molecule has 0 aliphatic carbocycles. The van der Waals surface area contributed by atoms with Crippen molar-refractivity contribution < 1.29 is 4.79 Å². The summed E-state index contributed by atoms with van der Waals surface area (Å²) in [5, 5.41) is 6.95. The van der Waals surface area contributed by atoms with Crippen molar-refractivity contribution >= 4 is 39.9 Å². The zero-order valence-corrected chi connectivity index (χ0v) is 14.9. The molecule has 0 bridgehead atoms. The van der Waals surface area contributed by atoms with Crippen molar-refractivity contribution in [3.63, 3.8) is 0 Å². The molecule has 0 aliphatic rings. The van der Waals surface area contributed by atoms with Gasteiger partial charge in [0, 0.05) is 4.88 Å². The van der Waals surface area contributed by atoms with E-state index in [-0.39, 0.29) is 5.91 Å². The fourth-order valence-electron chi connectivity index (χ4n) is 2.08. The van der Waals surface area contributed by atoms with Crippen molar-refractivity contribution in [1.82, 2.24) is 15.3 Å². The topological polar surface area (TPSA) is 54.9 Å². The second-order valence-corrected chi connectivity index (χ2v) is 8.07.